The summed E-state index contributed by atoms with van der Waals surface area (Å²) in [5.41, 5.74) is -0.0523. The molecule has 0 radical (unpaired) electrons. The Labute approximate surface area is 188 Å². The summed E-state index contributed by atoms with van der Waals surface area (Å²) < 4.78 is 6.83. The first kappa shape index (κ1) is 23.7. The minimum atomic E-state index is -0.487. The van der Waals surface area contributed by atoms with Crippen LogP contribution in [0.1, 0.15) is 33.0 Å². The summed E-state index contributed by atoms with van der Waals surface area (Å²) >= 11 is 0. The molecule has 1 aliphatic rings. The number of benzene rings is 1. The number of hydrogen-bond acceptors (Lipinski definition) is 6. The molecule has 1 aromatic heterocycles. The highest BCUT2D eigenvalue weighted by molar-refractivity contribution is 5.79. The van der Waals surface area contributed by atoms with Crippen molar-refractivity contribution in [2.75, 3.05) is 39.3 Å². The molecule has 1 fully saturated rings. The van der Waals surface area contributed by atoms with Gasteiger partial charge in [-0.05, 0) is 52.8 Å². The van der Waals surface area contributed by atoms with E-state index in [0.717, 1.165) is 26.1 Å². The summed E-state index contributed by atoms with van der Waals surface area (Å²) in [5, 5.41) is 3.40. The van der Waals surface area contributed by atoms with E-state index in [-0.39, 0.29) is 24.1 Å². The van der Waals surface area contributed by atoms with E-state index in [4.69, 9.17) is 4.74 Å². The van der Waals surface area contributed by atoms with Crippen LogP contribution in [0.5, 0.6) is 0 Å². The van der Waals surface area contributed by atoms with Crippen LogP contribution in [-0.4, -0.2) is 76.2 Å². The molecule has 0 bridgehead atoms. The van der Waals surface area contributed by atoms with Crippen molar-refractivity contribution in [3.05, 3.63) is 40.4 Å². The van der Waals surface area contributed by atoms with Crippen LogP contribution in [0.2, 0.25) is 0 Å². The van der Waals surface area contributed by atoms with E-state index in [1.807, 2.05) is 26.8 Å². The van der Waals surface area contributed by atoms with Gasteiger partial charge in [0.2, 0.25) is 5.91 Å². The summed E-state index contributed by atoms with van der Waals surface area (Å²) in [6, 6.07) is 7.14. The molecule has 1 N–H and O–H groups in total. The summed E-state index contributed by atoms with van der Waals surface area (Å²) in [5.74, 6) is 0.314. The summed E-state index contributed by atoms with van der Waals surface area (Å²) in [6.07, 6.45) is 0.528. The van der Waals surface area contributed by atoms with Crippen molar-refractivity contribution in [3.63, 3.8) is 0 Å². The first-order chi connectivity index (χ1) is 15.1. The molecule has 0 unspecified atom stereocenters. The lowest BCUT2D eigenvalue weighted by atomic mass is 10.2. The maximum atomic E-state index is 12.7. The number of carbonyl (C=O) groups excluding carboxylic acids is 2. The Balaban J connectivity index is 1.40. The van der Waals surface area contributed by atoms with Gasteiger partial charge in [0.1, 0.15) is 18.0 Å². The molecule has 2 amide bonds. The fourth-order valence-electron chi connectivity index (χ4n) is 3.68. The minimum Gasteiger partial charge on any atom is -0.444 e. The molecule has 2 heterocycles. The van der Waals surface area contributed by atoms with Gasteiger partial charge in [-0.2, -0.15) is 0 Å². The van der Waals surface area contributed by atoms with E-state index in [0.29, 0.717) is 36.4 Å². The van der Waals surface area contributed by atoms with Crippen molar-refractivity contribution in [2.24, 2.45) is 0 Å². The lowest BCUT2D eigenvalue weighted by Gasteiger charge is -2.35. The number of carbonyl (C=O) groups is 2. The number of hydrogen-bond donors (Lipinski definition) is 1. The number of nitrogens with zero attached hydrogens (tertiary/aromatic N) is 4. The standard InChI is InChI=1S/C23H33N5O4/c1-17-25-19-9-6-5-8-18(19)21(30)28(17)16-20(29)24-10-7-11-26-12-14-27(15-13-26)22(31)32-23(2,3)4/h5-6,8-9H,7,10-16H2,1-4H3,(H,24,29). The van der Waals surface area contributed by atoms with Crippen LogP contribution < -0.4 is 10.9 Å². The van der Waals surface area contributed by atoms with Crippen molar-refractivity contribution in [1.29, 1.82) is 0 Å². The molecule has 2 aromatic rings. The normalized spacial score (nSPS) is 15.1. The number of aryl methyl sites for hydroxylation is 1. The minimum absolute atomic E-state index is 0.0446. The van der Waals surface area contributed by atoms with Crippen molar-refractivity contribution in [1.82, 2.24) is 24.7 Å². The highest BCUT2D eigenvalue weighted by Gasteiger charge is 2.25. The SMILES string of the molecule is Cc1nc2ccccc2c(=O)n1CC(=O)NCCCN1CCN(C(=O)OC(C)(C)C)CC1. The van der Waals surface area contributed by atoms with E-state index in [1.165, 1.54) is 4.57 Å². The number of rotatable bonds is 6. The molecule has 9 nitrogen and oxygen atoms in total. The molecule has 3 rings (SSSR count). The van der Waals surface area contributed by atoms with Gasteiger partial charge < -0.3 is 15.0 Å². The number of nitrogens with one attached hydrogen (secondary N) is 1. The van der Waals surface area contributed by atoms with Crippen molar-refractivity contribution < 1.29 is 14.3 Å². The lowest BCUT2D eigenvalue weighted by Crippen LogP contribution is -2.50. The molecule has 9 heteroatoms. The van der Waals surface area contributed by atoms with E-state index >= 15 is 0 Å². The van der Waals surface area contributed by atoms with Crippen LogP contribution in [-0.2, 0) is 16.1 Å². The van der Waals surface area contributed by atoms with Crippen LogP contribution in [0.15, 0.2) is 29.1 Å². The predicted octanol–water partition coefficient (Wildman–Crippen LogP) is 1.76. The summed E-state index contributed by atoms with van der Waals surface area (Å²) in [4.78, 5) is 45.6. The topological polar surface area (TPSA) is 96.8 Å². The fraction of sp³-hybridized carbons (Fsp3) is 0.565. The molecule has 0 saturated carbocycles. The first-order valence-electron chi connectivity index (χ1n) is 11.1. The zero-order chi connectivity index (χ0) is 23.3. The van der Waals surface area contributed by atoms with E-state index < -0.39 is 5.60 Å². The van der Waals surface area contributed by atoms with Gasteiger partial charge in [-0.15, -0.1) is 0 Å². The highest BCUT2D eigenvalue weighted by Crippen LogP contribution is 2.12. The average Bonchev–Trinajstić information content (AvgIpc) is 2.73. The Morgan fingerprint density at radius 3 is 2.50 bits per heavy atom. The number of ether oxygens (including phenoxy) is 1. The Morgan fingerprint density at radius 2 is 1.81 bits per heavy atom. The van der Waals surface area contributed by atoms with Crippen molar-refractivity contribution in [3.8, 4) is 0 Å². The molecule has 0 aliphatic carbocycles. The van der Waals surface area contributed by atoms with Crippen LogP contribution in [0, 0.1) is 6.92 Å². The highest BCUT2D eigenvalue weighted by atomic mass is 16.6. The molecule has 174 valence electrons. The molecular weight excluding hydrogens is 410 g/mol. The Hall–Kier alpha value is -2.94. The van der Waals surface area contributed by atoms with Crippen LogP contribution >= 0.6 is 0 Å². The lowest BCUT2D eigenvalue weighted by molar-refractivity contribution is -0.121. The second-order valence-electron chi connectivity index (χ2n) is 9.08. The molecule has 1 aliphatic heterocycles. The quantitative estimate of drug-likeness (QED) is 0.684. The van der Waals surface area contributed by atoms with Gasteiger partial charge in [0, 0.05) is 32.7 Å². The van der Waals surface area contributed by atoms with Gasteiger partial charge >= 0.3 is 6.09 Å². The monoisotopic (exact) mass is 443 g/mol. The van der Waals surface area contributed by atoms with Crippen LogP contribution in [0.25, 0.3) is 10.9 Å². The summed E-state index contributed by atoms with van der Waals surface area (Å²) in [7, 11) is 0. The fourth-order valence-corrected chi connectivity index (χ4v) is 3.68. The number of para-hydroxylation sites is 1. The van der Waals surface area contributed by atoms with Crippen molar-refractivity contribution in [2.45, 2.75) is 46.3 Å². The zero-order valence-electron chi connectivity index (χ0n) is 19.4. The number of aromatic nitrogens is 2. The third-order valence-corrected chi connectivity index (χ3v) is 5.35. The number of piperazine rings is 1. The second-order valence-corrected chi connectivity index (χ2v) is 9.08. The molecule has 1 aromatic carbocycles. The van der Waals surface area contributed by atoms with Gasteiger partial charge in [-0.25, -0.2) is 9.78 Å². The van der Waals surface area contributed by atoms with E-state index in [2.05, 4.69) is 15.2 Å². The van der Waals surface area contributed by atoms with Gasteiger partial charge in [0.15, 0.2) is 0 Å². The van der Waals surface area contributed by atoms with Crippen molar-refractivity contribution >= 4 is 22.9 Å². The van der Waals surface area contributed by atoms with Crippen LogP contribution in [0.3, 0.4) is 0 Å². The average molecular weight is 444 g/mol. The van der Waals surface area contributed by atoms with Gasteiger partial charge in [-0.1, -0.05) is 12.1 Å². The maximum absolute atomic E-state index is 12.7. The molecule has 32 heavy (non-hydrogen) atoms. The maximum Gasteiger partial charge on any atom is 0.410 e. The molecule has 0 atom stereocenters. The smallest absolute Gasteiger partial charge is 0.410 e. The van der Waals surface area contributed by atoms with Gasteiger partial charge in [0.25, 0.3) is 5.56 Å². The van der Waals surface area contributed by atoms with E-state index in [9.17, 15) is 14.4 Å². The van der Waals surface area contributed by atoms with Gasteiger partial charge in [-0.3, -0.25) is 19.1 Å². The first-order valence-corrected chi connectivity index (χ1v) is 11.1. The zero-order valence-corrected chi connectivity index (χ0v) is 19.4. The number of fused-ring (bicyclic) bond motifs is 1. The Kier molecular flexibility index (Phi) is 7.50. The largest absolute Gasteiger partial charge is 0.444 e. The number of amides is 2. The predicted molar refractivity (Wildman–Crippen MR) is 123 cm³/mol. The summed E-state index contributed by atoms with van der Waals surface area (Å²) in [6.45, 7) is 11.5. The third-order valence-electron chi connectivity index (χ3n) is 5.35. The Bertz CT molecular complexity index is 1020. The third kappa shape index (κ3) is 6.29. The molecular formula is C23H33N5O4. The Morgan fingerprint density at radius 1 is 1.12 bits per heavy atom. The molecule has 0 spiro atoms. The molecule has 1 saturated heterocycles. The second kappa shape index (κ2) is 10.1. The van der Waals surface area contributed by atoms with E-state index in [1.54, 1.807) is 30.0 Å². The van der Waals surface area contributed by atoms with Crippen LogP contribution in [0.4, 0.5) is 4.79 Å². The van der Waals surface area contributed by atoms with Gasteiger partial charge in [0.05, 0.1) is 10.9 Å².